The highest BCUT2D eigenvalue weighted by molar-refractivity contribution is 5.88. The van der Waals surface area contributed by atoms with E-state index in [0.717, 1.165) is 42.6 Å². The average molecular weight is 500 g/mol. The molecule has 1 atom stereocenters. The molecule has 1 saturated carbocycles. The van der Waals surface area contributed by atoms with Gasteiger partial charge in [0.1, 0.15) is 6.04 Å². The molecule has 1 aliphatic heterocycles. The lowest BCUT2D eigenvalue weighted by Crippen LogP contribution is -2.55. The van der Waals surface area contributed by atoms with Gasteiger partial charge in [-0.2, -0.15) is 0 Å². The maximum Gasteiger partial charge on any atom is 0.243 e. The Morgan fingerprint density at radius 1 is 1.03 bits per heavy atom. The first-order valence-corrected chi connectivity index (χ1v) is 13.4. The number of nitrogens with zero attached hydrogens (tertiary/aromatic N) is 3. The zero-order chi connectivity index (χ0) is 25.8. The number of aromatic nitrogens is 2. The number of rotatable bonds is 7. The van der Waals surface area contributed by atoms with E-state index < -0.39 is 6.04 Å². The summed E-state index contributed by atoms with van der Waals surface area (Å²) in [5.74, 6) is -0.0726. The summed E-state index contributed by atoms with van der Waals surface area (Å²) in [5, 5.41) is 3.23. The van der Waals surface area contributed by atoms with Crippen molar-refractivity contribution < 1.29 is 9.59 Å². The van der Waals surface area contributed by atoms with Crippen LogP contribution in [0.15, 0.2) is 60.9 Å². The average Bonchev–Trinajstić information content (AvgIpc) is 3.31. The Balaban J connectivity index is 1.36. The number of benzene rings is 2. The van der Waals surface area contributed by atoms with Crippen LogP contribution in [-0.2, 0) is 35.5 Å². The van der Waals surface area contributed by atoms with Crippen LogP contribution in [-0.4, -0.2) is 44.4 Å². The molecule has 0 spiro atoms. The number of nitrogens with two attached hydrogens (primary N) is 1. The lowest BCUT2D eigenvalue weighted by Gasteiger charge is -2.36. The molecule has 0 bridgehead atoms. The van der Waals surface area contributed by atoms with Gasteiger partial charge in [0, 0.05) is 31.5 Å². The van der Waals surface area contributed by atoms with Crippen LogP contribution in [0.2, 0.25) is 0 Å². The van der Waals surface area contributed by atoms with Crippen molar-refractivity contribution in [2.24, 2.45) is 5.73 Å². The largest absolute Gasteiger partial charge is 0.352 e. The van der Waals surface area contributed by atoms with Crippen molar-refractivity contribution in [3.05, 3.63) is 89.0 Å². The number of hydrogen-bond donors (Lipinski definition) is 2. The molecule has 7 heteroatoms. The molecule has 0 saturated heterocycles. The predicted molar refractivity (Wildman–Crippen MR) is 144 cm³/mol. The molecular formula is C30H37N5O2. The topological polar surface area (TPSA) is 93.2 Å². The third kappa shape index (κ3) is 5.93. The minimum absolute atomic E-state index is 0.00367. The Labute approximate surface area is 219 Å². The molecule has 194 valence electrons. The molecule has 1 aromatic heterocycles. The van der Waals surface area contributed by atoms with Crippen molar-refractivity contribution >= 4 is 11.8 Å². The highest BCUT2D eigenvalue weighted by Gasteiger charge is 2.37. The fourth-order valence-corrected chi connectivity index (χ4v) is 5.57. The summed E-state index contributed by atoms with van der Waals surface area (Å²) < 4.78 is 2.13. The van der Waals surface area contributed by atoms with Crippen LogP contribution in [0.25, 0.3) is 0 Å². The lowest BCUT2D eigenvalue weighted by molar-refractivity contribution is -0.142. The smallest absolute Gasteiger partial charge is 0.243 e. The molecule has 3 aromatic rings. The number of fused-ring (bicyclic) bond motifs is 1. The van der Waals surface area contributed by atoms with Crippen LogP contribution < -0.4 is 11.1 Å². The second kappa shape index (κ2) is 11.3. The van der Waals surface area contributed by atoms with Gasteiger partial charge < -0.3 is 20.5 Å². The summed E-state index contributed by atoms with van der Waals surface area (Å²) in [4.78, 5) is 33.6. The van der Waals surface area contributed by atoms with Crippen LogP contribution in [0.5, 0.6) is 0 Å². The monoisotopic (exact) mass is 499 g/mol. The Hall–Kier alpha value is -3.45. The molecule has 2 heterocycles. The van der Waals surface area contributed by atoms with Crippen molar-refractivity contribution in [3.63, 3.8) is 0 Å². The summed E-state index contributed by atoms with van der Waals surface area (Å²) in [5.41, 5.74) is 11.6. The third-order valence-corrected chi connectivity index (χ3v) is 7.93. The van der Waals surface area contributed by atoms with Crippen molar-refractivity contribution in [2.75, 3.05) is 0 Å². The van der Waals surface area contributed by atoms with Gasteiger partial charge in [0.25, 0.3) is 0 Å². The van der Waals surface area contributed by atoms with Crippen LogP contribution in [0.4, 0.5) is 0 Å². The SMILES string of the molecule is Cc1ccccc1Cn1cnc2c1CN(C(=O)CCc1ccccc1)C(C(=O)NC1CCC(N)CC1)C2. The minimum atomic E-state index is -0.548. The Kier molecular flexibility index (Phi) is 7.70. The maximum atomic E-state index is 13.6. The van der Waals surface area contributed by atoms with E-state index in [0.29, 0.717) is 32.4 Å². The number of hydrogen-bond acceptors (Lipinski definition) is 4. The molecule has 1 unspecified atom stereocenters. The van der Waals surface area contributed by atoms with Crippen LogP contribution in [0, 0.1) is 6.92 Å². The van der Waals surface area contributed by atoms with Crippen molar-refractivity contribution in [1.82, 2.24) is 19.8 Å². The normalized spacial score (nSPS) is 21.4. The zero-order valence-corrected chi connectivity index (χ0v) is 21.6. The van der Waals surface area contributed by atoms with Crippen molar-refractivity contribution in [2.45, 2.75) is 83.1 Å². The van der Waals surface area contributed by atoms with Gasteiger partial charge in [-0.05, 0) is 55.7 Å². The first kappa shape index (κ1) is 25.2. The van der Waals surface area contributed by atoms with Crippen molar-refractivity contribution in [3.8, 4) is 0 Å². The standard InChI is InChI=1S/C30H37N5O2/c1-21-7-5-6-10-23(21)18-34-20-32-26-17-27(30(37)33-25-14-12-24(31)13-15-25)35(19-28(26)34)29(36)16-11-22-8-3-2-4-9-22/h2-10,20,24-25,27H,11-19,31H2,1H3,(H,33,37). The number of amides is 2. The van der Waals surface area contributed by atoms with E-state index in [1.165, 1.54) is 11.1 Å². The summed E-state index contributed by atoms with van der Waals surface area (Å²) in [6.07, 6.45) is 6.92. The Morgan fingerprint density at radius 2 is 1.76 bits per heavy atom. The van der Waals surface area contributed by atoms with E-state index >= 15 is 0 Å². The number of carbonyl (C=O) groups excluding carboxylic acids is 2. The van der Waals surface area contributed by atoms with Gasteiger partial charge in [0.2, 0.25) is 11.8 Å². The fourth-order valence-electron chi connectivity index (χ4n) is 5.57. The molecule has 0 radical (unpaired) electrons. The second-order valence-electron chi connectivity index (χ2n) is 10.5. The zero-order valence-electron chi connectivity index (χ0n) is 21.6. The molecule has 2 aliphatic rings. The van der Waals surface area contributed by atoms with Crippen molar-refractivity contribution in [1.29, 1.82) is 0 Å². The lowest BCUT2D eigenvalue weighted by atomic mass is 9.91. The van der Waals surface area contributed by atoms with E-state index in [-0.39, 0.29) is 23.9 Å². The van der Waals surface area contributed by atoms with Gasteiger partial charge in [-0.15, -0.1) is 0 Å². The van der Waals surface area contributed by atoms with Gasteiger partial charge >= 0.3 is 0 Å². The van der Waals surface area contributed by atoms with E-state index in [2.05, 4.69) is 33.9 Å². The Bertz CT molecular complexity index is 1230. The number of imidazole rings is 1. The molecule has 2 amide bonds. The summed E-state index contributed by atoms with van der Waals surface area (Å²) in [6, 6.07) is 18.1. The first-order chi connectivity index (χ1) is 18.0. The number of carbonyl (C=O) groups is 2. The van der Waals surface area contributed by atoms with Gasteiger partial charge in [-0.1, -0.05) is 54.6 Å². The van der Waals surface area contributed by atoms with Gasteiger partial charge in [0.15, 0.2) is 0 Å². The van der Waals surface area contributed by atoms with Crippen LogP contribution >= 0.6 is 0 Å². The predicted octanol–water partition coefficient (Wildman–Crippen LogP) is 3.51. The molecule has 1 fully saturated rings. The van der Waals surface area contributed by atoms with E-state index in [1.807, 2.05) is 48.8 Å². The van der Waals surface area contributed by atoms with E-state index in [9.17, 15) is 9.59 Å². The van der Waals surface area contributed by atoms with E-state index in [1.54, 1.807) is 4.90 Å². The number of nitrogens with one attached hydrogen (secondary N) is 1. The Morgan fingerprint density at radius 3 is 2.51 bits per heavy atom. The molecule has 2 aromatic carbocycles. The third-order valence-electron chi connectivity index (χ3n) is 7.93. The molecule has 7 nitrogen and oxygen atoms in total. The van der Waals surface area contributed by atoms with Gasteiger partial charge in [-0.3, -0.25) is 9.59 Å². The molecule has 3 N–H and O–H groups in total. The quantitative estimate of drug-likeness (QED) is 0.520. The first-order valence-electron chi connectivity index (χ1n) is 13.4. The molecule has 37 heavy (non-hydrogen) atoms. The van der Waals surface area contributed by atoms with Crippen LogP contribution in [0.1, 0.15) is 60.2 Å². The fraction of sp³-hybridized carbons (Fsp3) is 0.433. The van der Waals surface area contributed by atoms with Gasteiger partial charge in [0.05, 0.1) is 24.3 Å². The molecular weight excluding hydrogens is 462 g/mol. The highest BCUT2D eigenvalue weighted by Crippen LogP contribution is 2.26. The highest BCUT2D eigenvalue weighted by atomic mass is 16.2. The minimum Gasteiger partial charge on any atom is -0.352 e. The molecule has 1 aliphatic carbocycles. The summed E-state index contributed by atoms with van der Waals surface area (Å²) >= 11 is 0. The molecule has 5 rings (SSSR count). The van der Waals surface area contributed by atoms with E-state index in [4.69, 9.17) is 5.73 Å². The van der Waals surface area contributed by atoms with Crippen LogP contribution in [0.3, 0.4) is 0 Å². The second-order valence-corrected chi connectivity index (χ2v) is 10.5. The summed E-state index contributed by atoms with van der Waals surface area (Å²) in [6.45, 7) is 3.19. The summed E-state index contributed by atoms with van der Waals surface area (Å²) in [7, 11) is 0. The van der Waals surface area contributed by atoms with Gasteiger partial charge in [-0.25, -0.2) is 4.98 Å². The maximum absolute atomic E-state index is 13.6. The number of aryl methyl sites for hydroxylation is 2.